The molecule has 1 atom stereocenters. The molecule has 1 unspecified atom stereocenters. The monoisotopic (exact) mass is 309 g/mol. The third-order valence-corrected chi connectivity index (χ3v) is 3.48. The molecule has 1 aromatic carbocycles. The molecule has 20 heavy (non-hydrogen) atoms. The first-order valence-electron chi connectivity index (χ1n) is 6.21. The number of ether oxygens (including phenoxy) is 1. The van der Waals surface area contributed by atoms with Gasteiger partial charge in [-0.2, -0.15) is 5.10 Å². The van der Waals surface area contributed by atoms with Crippen molar-refractivity contribution in [2.75, 3.05) is 0 Å². The minimum atomic E-state index is -0.276. The Balaban J connectivity index is 2.28. The lowest BCUT2D eigenvalue weighted by Crippen LogP contribution is -2.12. The lowest BCUT2D eigenvalue weighted by Gasteiger charge is -2.16. The second-order valence-corrected chi connectivity index (χ2v) is 5.27. The second kappa shape index (κ2) is 6.24. The Hall–Kier alpha value is -1.59. The van der Waals surface area contributed by atoms with Crippen molar-refractivity contribution in [2.24, 2.45) is 0 Å². The lowest BCUT2D eigenvalue weighted by atomic mass is 10.2. The van der Waals surface area contributed by atoms with Crippen LogP contribution in [0.4, 0.5) is 0 Å². The number of nitrogens with zero attached hydrogens (tertiary/aromatic N) is 2. The van der Waals surface area contributed by atoms with Crippen LogP contribution in [-0.2, 0) is 6.54 Å². The van der Waals surface area contributed by atoms with Crippen LogP contribution in [0.5, 0.6) is 5.75 Å². The van der Waals surface area contributed by atoms with Crippen LogP contribution in [0.25, 0.3) is 0 Å². The normalized spacial score (nSPS) is 12.2. The molecule has 0 radical (unpaired) electrons. The third-order valence-electron chi connectivity index (χ3n) is 2.85. The molecule has 1 aromatic heterocycles. The maximum absolute atomic E-state index is 6.14. The molecule has 0 bridgehead atoms. The number of aromatic amines is 1. The zero-order valence-corrected chi connectivity index (χ0v) is 13.0. The summed E-state index contributed by atoms with van der Waals surface area (Å²) in [6.07, 6.45) is 1.49. The fourth-order valence-electron chi connectivity index (χ4n) is 1.89. The lowest BCUT2D eigenvalue weighted by molar-refractivity contribution is 0.211. The van der Waals surface area contributed by atoms with E-state index in [0.29, 0.717) is 27.9 Å². The van der Waals surface area contributed by atoms with Gasteiger partial charge in [-0.1, -0.05) is 23.7 Å². The van der Waals surface area contributed by atoms with Crippen LogP contribution in [-0.4, -0.2) is 14.8 Å². The van der Waals surface area contributed by atoms with E-state index in [4.69, 9.17) is 28.6 Å². The fraction of sp³-hybridized carbons (Fsp3) is 0.286. The average Bonchev–Trinajstić information content (AvgIpc) is 2.76. The standard InChI is InChI=1S/C14H16ClN3OS/c1-4-7-18-13(16-17-14(18)20)10(3)19-12-8-9(2)5-6-11(12)15/h4-6,8,10H,1,7H2,2-3H3,(H,17,20). The number of hydrogen-bond acceptors (Lipinski definition) is 3. The van der Waals surface area contributed by atoms with E-state index in [9.17, 15) is 0 Å². The Kier molecular flexibility index (Phi) is 4.62. The molecular formula is C14H16ClN3OS. The number of aromatic nitrogens is 3. The Labute approximate surface area is 128 Å². The number of aryl methyl sites for hydroxylation is 1. The number of rotatable bonds is 5. The van der Waals surface area contributed by atoms with E-state index in [2.05, 4.69) is 16.8 Å². The number of nitrogens with one attached hydrogen (secondary N) is 1. The van der Waals surface area contributed by atoms with E-state index in [1.54, 1.807) is 6.08 Å². The van der Waals surface area contributed by atoms with E-state index in [1.165, 1.54) is 0 Å². The predicted molar refractivity (Wildman–Crippen MR) is 82.8 cm³/mol. The number of allylic oxidation sites excluding steroid dienone is 1. The van der Waals surface area contributed by atoms with Gasteiger partial charge in [-0.05, 0) is 43.8 Å². The van der Waals surface area contributed by atoms with Gasteiger partial charge < -0.3 is 4.74 Å². The number of H-pyrrole nitrogens is 1. The van der Waals surface area contributed by atoms with Gasteiger partial charge in [0.2, 0.25) is 0 Å². The molecule has 4 nitrogen and oxygen atoms in total. The first kappa shape index (κ1) is 14.8. The average molecular weight is 310 g/mol. The van der Waals surface area contributed by atoms with Crippen molar-refractivity contribution < 1.29 is 4.74 Å². The molecule has 2 aromatic rings. The SMILES string of the molecule is C=CCn1c(C(C)Oc2cc(C)ccc2Cl)n[nH]c1=S. The fourth-order valence-corrected chi connectivity index (χ4v) is 2.27. The Morgan fingerprint density at radius 3 is 3.05 bits per heavy atom. The second-order valence-electron chi connectivity index (χ2n) is 4.48. The molecule has 1 N–H and O–H groups in total. The van der Waals surface area contributed by atoms with Crippen molar-refractivity contribution in [3.63, 3.8) is 0 Å². The molecule has 2 rings (SSSR count). The topological polar surface area (TPSA) is 42.8 Å². The molecule has 6 heteroatoms. The van der Waals surface area contributed by atoms with E-state index in [0.717, 1.165) is 5.56 Å². The summed E-state index contributed by atoms with van der Waals surface area (Å²) in [6, 6.07) is 5.66. The van der Waals surface area contributed by atoms with Crippen molar-refractivity contribution >= 4 is 23.8 Å². The van der Waals surface area contributed by atoms with Crippen LogP contribution in [0.2, 0.25) is 5.02 Å². The Morgan fingerprint density at radius 1 is 1.60 bits per heavy atom. The van der Waals surface area contributed by atoms with Crippen molar-refractivity contribution in [3.05, 3.63) is 52.0 Å². The Morgan fingerprint density at radius 2 is 2.35 bits per heavy atom. The van der Waals surface area contributed by atoms with E-state index < -0.39 is 0 Å². The van der Waals surface area contributed by atoms with Crippen molar-refractivity contribution in [1.29, 1.82) is 0 Å². The van der Waals surface area contributed by atoms with E-state index in [-0.39, 0.29) is 6.10 Å². The molecule has 0 saturated heterocycles. The third kappa shape index (κ3) is 3.11. The van der Waals surface area contributed by atoms with Gasteiger partial charge in [0.25, 0.3) is 0 Å². The summed E-state index contributed by atoms with van der Waals surface area (Å²) in [5.74, 6) is 1.35. The highest BCUT2D eigenvalue weighted by Gasteiger charge is 2.16. The highest BCUT2D eigenvalue weighted by atomic mass is 35.5. The molecule has 0 fully saturated rings. The summed E-state index contributed by atoms with van der Waals surface area (Å²) in [5.41, 5.74) is 1.08. The number of hydrogen-bond donors (Lipinski definition) is 1. The van der Waals surface area contributed by atoms with E-state index in [1.807, 2.05) is 36.6 Å². The molecule has 0 aliphatic heterocycles. The molecule has 1 heterocycles. The molecule has 0 spiro atoms. The van der Waals surface area contributed by atoms with Crippen LogP contribution < -0.4 is 4.74 Å². The summed E-state index contributed by atoms with van der Waals surface area (Å²) in [6.45, 7) is 8.19. The number of halogens is 1. The summed E-state index contributed by atoms with van der Waals surface area (Å²) < 4.78 is 8.29. The molecular weight excluding hydrogens is 294 g/mol. The molecule has 0 amide bonds. The zero-order chi connectivity index (χ0) is 14.7. The van der Waals surface area contributed by atoms with Gasteiger partial charge in [0.1, 0.15) is 5.75 Å². The molecule has 0 aliphatic carbocycles. The molecule has 106 valence electrons. The minimum Gasteiger partial charge on any atom is -0.481 e. The highest BCUT2D eigenvalue weighted by molar-refractivity contribution is 7.71. The van der Waals surface area contributed by atoms with Gasteiger partial charge in [-0.3, -0.25) is 9.67 Å². The predicted octanol–water partition coefficient (Wildman–Crippen LogP) is 4.23. The van der Waals surface area contributed by atoms with Crippen molar-refractivity contribution in [1.82, 2.24) is 14.8 Å². The van der Waals surface area contributed by atoms with Crippen molar-refractivity contribution in [2.45, 2.75) is 26.5 Å². The first-order chi connectivity index (χ1) is 9.52. The minimum absolute atomic E-state index is 0.276. The van der Waals surface area contributed by atoms with Gasteiger partial charge in [-0.15, -0.1) is 6.58 Å². The number of benzene rings is 1. The summed E-state index contributed by atoms with van der Waals surface area (Å²) >= 11 is 11.3. The van der Waals surface area contributed by atoms with Crippen molar-refractivity contribution in [3.8, 4) is 5.75 Å². The van der Waals surface area contributed by atoms with Gasteiger partial charge in [0, 0.05) is 6.54 Å². The quantitative estimate of drug-likeness (QED) is 0.664. The van der Waals surface area contributed by atoms with Crippen LogP contribution in [0.15, 0.2) is 30.9 Å². The van der Waals surface area contributed by atoms with Crippen LogP contribution in [0.1, 0.15) is 24.4 Å². The molecule has 0 aliphatic rings. The Bertz CT molecular complexity index is 677. The highest BCUT2D eigenvalue weighted by Crippen LogP contribution is 2.29. The summed E-state index contributed by atoms with van der Waals surface area (Å²) in [4.78, 5) is 0. The van der Waals surface area contributed by atoms with Gasteiger partial charge >= 0.3 is 0 Å². The zero-order valence-electron chi connectivity index (χ0n) is 11.4. The van der Waals surface area contributed by atoms with E-state index >= 15 is 0 Å². The van der Waals surface area contributed by atoms with Crippen LogP contribution >= 0.6 is 23.8 Å². The largest absolute Gasteiger partial charge is 0.481 e. The van der Waals surface area contributed by atoms with Crippen LogP contribution in [0.3, 0.4) is 0 Å². The van der Waals surface area contributed by atoms with Gasteiger partial charge in [-0.25, -0.2) is 0 Å². The maximum Gasteiger partial charge on any atom is 0.195 e. The summed E-state index contributed by atoms with van der Waals surface area (Å²) in [5, 5.41) is 7.56. The maximum atomic E-state index is 6.14. The first-order valence-corrected chi connectivity index (χ1v) is 7.00. The molecule has 0 saturated carbocycles. The van der Waals surface area contributed by atoms with Gasteiger partial charge in [0.05, 0.1) is 5.02 Å². The smallest absolute Gasteiger partial charge is 0.195 e. The summed E-state index contributed by atoms with van der Waals surface area (Å²) in [7, 11) is 0. The van der Waals surface area contributed by atoms with Crippen LogP contribution in [0, 0.1) is 11.7 Å². The van der Waals surface area contributed by atoms with Gasteiger partial charge in [0.15, 0.2) is 16.7 Å².